The molecule has 0 saturated heterocycles. The Morgan fingerprint density at radius 1 is 1.35 bits per heavy atom. The third-order valence-corrected chi connectivity index (χ3v) is 6.43. The van der Waals surface area contributed by atoms with Crippen molar-refractivity contribution in [2.75, 3.05) is 6.61 Å². The molecular weight excluding hydrogens is 304 g/mol. The van der Waals surface area contributed by atoms with Crippen molar-refractivity contribution in [1.82, 2.24) is 9.55 Å². The van der Waals surface area contributed by atoms with Crippen LogP contribution in [0.15, 0.2) is 24.5 Å². The van der Waals surface area contributed by atoms with E-state index in [1.165, 1.54) is 11.6 Å². The van der Waals surface area contributed by atoms with Gasteiger partial charge in [0.05, 0.1) is 6.10 Å². The van der Waals surface area contributed by atoms with Gasteiger partial charge in [-0.1, -0.05) is 19.6 Å². The van der Waals surface area contributed by atoms with Gasteiger partial charge in [-0.2, -0.15) is 0 Å². The van der Waals surface area contributed by atoms with Gasteiger partial charge in [0.15, 0.2) is 0 Å². The van der Waals surface area contributed by atoms with Gasteiger partial charge in [0, 0.05) is 32.5 Å². The second kappa shape index (κ2) is 6.75. The molecule has 23 heavy (non-hydrogen) atoms. The minimum Gasteiger partial charge on any atom is -0.393 e. The molecule has 1 N–H and O–H groups in total. The van der Waals surface area contributed by atoms with Gasteiger partial charge in [0.1, 0.15) is 12.4 Å². The molecule has 1 fully saturated rings. The van der Waals surface area contributed by atoms with Crippen molar-refractivity contribution < 1.29 is 9.84 Å². The Hall–Kier alpha value is -1.17. The summed E-state index contributed by atoms with van der Waals surface area (Å²) in [5, 5.41) is 10.9. The van der Waals surface area contributed by atoms with E-state index in [0.29, 0.717) is 12.6 Å². The van der Waals surface area contributed by atoms with Crippen LogP contribution in [-0.4, -0.2) is 35.4 Å². The molecule has 2 aromatic rings. The Balaban J connectivity index is 1.64. The van der Waals surface area contributed by atoms with E-state index in [1.807, 2.05) is 6.20 Å². The molecule has 2 heterocycles. The lowest BCUT2D eigenvalue weighted by atomic mass is 9.99. The quantitative estimate of drug-likeness (QED) is 0.643. The first-order chi connectivity index (χ1) is 10.9. The predicted octanol–water partition coefficient (Wildman–Crippen LogP) is 3.98. The zero-order valence-corrected chi connectivity index (χ0v) is 15.5. The number of ether oxygens (including phenoxy) is 1. The topological polar surface area (TPSA) is 47.3 Å². The van der Waals surface area contributed by atoms with Crippen LogP contribution in [0.25, 0.3) is 11.0 Å². The van der Waals surface area contributed by atoms with Crippen molar-refractivity contribution in [2.45, 2.75) is 63.7 Å². The number of nitrogens with zero attached hydrogens (tertiary/aromatic N) is 2. The predicted molar refractivity (Wildman–Crippen MR) is 96.4 cm³/mol. The lowest BCUT2D eigenvalue weighted by Gasteiger charge is -2.15. The molecule has 0 aliphatic heterocycles. The molecule has 4 nitrogen and oxygen atoms in total. The maximum atomic E-state index is 9.72. The maximum Gasteiger partial charge on any atom is 0.141 e. The first kappa shape index (κ1) is 16.7. The van der Waals surface area contributed by atoms with Crippen molar-refractivity contribution in [3.8, 4) is 0 Å². The molecule has 0 spiro atoms. The van der Waals surface area contributed by atoms with Crippen LogP contribution in [-0.2, 0) is 11.5 Å². The second-order valence-electron chi connectivity index (χ2n) is 7.98. The fourth-order valence-electron chi connectivity index (χ4n) is 3.22. The molecule has 0 amide bonds. The molecule has 5 heteroatoms. The molecule has 126 valence electrons. The number of aliphatic hydroxyl groups excluding tert-OH is 1. The van der Waals surface area contributed by atoms with E-state index >= 15 is 0 Å². The van der Waals surface area contributed by atoms with Crippen LogP contribution in [0.2, 0.25) is 25.7 Å². The fourth-order valence-corrected chi connectivity index (χ4v) is 3.98. The van der Waals surface area contributed by atoms with Gasteiger partial charge >= 0.3 is 0 Å². The highest BCUT2D eigenvalue weighted by atomic mass is 28.3. The SMILES string of the molecule is C[Si](C)(C)CCOCn1ccc2cc(C3CCC(O)C3)cnc21. The third kappa shape index (κ3) is 4.22. The summed E-state index contributed by atoms with van der Waals surface area (Å²) in [5.41, 5.74) is 2.24. The Kier molecular flexibility index (Phi) is 4.89. The van der Waals surface area contributed by atoms with Gasteiger partial charge in [0.2, 0.25) is 0 Å². The number of pyridine rings is 1. The summed E-state index contributed by atoms with van der Waals surface area (Å²) in [6.45, 7) is 8.50. The van der Waals surface area contributed by atoms with Crippen LogP contribution < -0.4 is 0 Å². The standard InChI is InChI=1S/C18H28N2O2Si/c1-23(2,3)9-8-22-13-20-7-6-15-10-16(12-19-18(15)20)14-4-5-17(21)11-14/h6-7,10,12,14,17,21H,4-5,8-9,11,13H2,1-3H3. The summed E-state index contributed by atoms with van der Waals surface area (Å²) < 4.78 is 7.91. The summed E-state index contributed by atoms with van der Waals surface area (Å²) in [5.74, 6) is 0.457. The second-order valence-corrected chi connectivity index (χ2v) is 13.6. The van der Waals surface area contributed by atoms with Crippen LogP contribution in [0, 0.1) is 0 Å². The van der Waals surface area contributed by atoms with Crippen LogP contribution in [0.5, 0.6) is 0 Å². The molecule has 3 rings (SSSR count). The highest BCUT2D eigenvalue weighted by molar-refractivity contribution is 6.76. The molecule has 0 bridgehead atoms. The molecule has 1 aliphatic rings. The Morgan fingerprint density at radius 3 is 2.87 bits per heavy atom. The normalized spacial score (nSPS) is 22.1. The smallest absolute Gasteiger partial charge is 0.141 e. The number of rotatable bonds is 6. The minimum absolute atomic E-state index is 0.139. The molecule has 2 unspecified atom stereocenters. The van der Waals surface area contributed by atoms with Gasteiger partial charge < -0.3 is 14.4 Å². The lowest BCUT2D eigenvalue weighted by Crippen LogP contribution is -2.22. The van der Waals surface area contributed by atoms with E-state index in [-0.39, 0.29) is 6.10 Å². The van der Waals surface area contributed by atoms with Crippen LogP contribution in [0.1, 0.15) is 30.7 Å². The third-order valence-electron chi connectivity index (χ3n) is 4.73. The summed E-state index contributed by atoms with van der Waals surface area (Å²) in [7, 11) is -1.03. The monoisotopic (exact) mass is 332 g/mol. The first-order valence-electron chi connectivity index (χ1n) is 8.63. The minimum atomic E-state index is -1.03. The van der Waals surface area contributed by atoms with Crippen molar-refractivity contribution in [2.24, 2.45) is 0 Å². The molecule has 1 aliphatic carbocycles. The Bertz CT molecular complexity index is 663. The van der Waals surface area contributed by atoms with Gasteiger partial charge in [-0.25, -0.2) is 4.98 Å². The largest absolute Gasteiger partial charge is 0.393 e. The van der Waals surface area contributed by atoms with Crippen molar-refractivity contribution >= 4 is 19.1 Å². The highest BCUT2D eigenvalue weighted by Gasteiger charge is 2.24. The Morgan fingerprint density at radius 2 is 2.17 bits per heavy atom. The van der Waals surface area contributed by atoms with Crippen molar-refractivity contribution in [1.29, 1.82) is 0 Å². The van der Waals surface area contributed by atoms with Gasteiger partial charge in [-0.05, 0) is 48.9 Å². The summed E-state index contributed by atoms with van der Waals surface area (Å²) in [4.78, 5) is 4.65. The summed E-state index contributed by atoms with van der Waals surface area (Å²) >= 11 is 0. The fraction of sp³-hybridized carbons (Fsp3) is 0.611. The van der Waals surface area contributed by atoms with Crippen molar-refractivity contribution in [3.05, 3.63) is 30.1 Å². The maximum absolute atomic E-state index is 9.72. The molecule has 1 saturated carbocycles. The highest BCUT2D eigenvalue weighted by Crippen LogP contribution is 2.35. The molecule has 2 atom stereocenters. The number of hydrogen-bond donors (Lipinski definition) is 1. The van der Waals surface area contributed by atoms with Crippen molar-refractivity contribution in [3.63, 3.8) is 0 Å². The molecule has 0 radical (unpaired) electrons. The van der Waals surface area contributed by atoms with E-state index < -0.39 is 8.07 Å². The Labute approximate surface area is 139 Å². The number of aliphatic hydroxyl groups is 1. The van der Waals surface area contributed by atoms with Gasteiger partial charge in [-0.3, -0.25) is 0 Å². The molecular formula is C18H28N2O2Si. The lowest BCUT2D eigenvalue weighted by molar-refractivity contribution is 0.0899. The van der Waals surface area contributed by atoms with Crippen LogP contribution >= 0.6 is 0 Å². The van der Waals surface area contributed by atoms with Crippen LogP contribution in [0.3, 0.4) is 0 Å². The van der Waals surface area contributed by atoms with E-state index in [2.05, 4.69) is 47.5 Å². The van der Waals surface area contributed by atoms with Crippen LogP contribution in [0.4, 0.5) is 0 Å². The van der Waals surface area contributed by atoms with E-state index in [4.69, 9.17) is 4.74 Å². The molecule has 0 aromatic carbocycles. The first-order valence-corrected chi connectivity index (χ1v) is 12.3. The summed E-state index contributed by atoms with van der Waals surface area (Å²) in [6, 6.07) is 5.52. The van der Waals surface area contributed by atoms with Gasteiger partial charge in [0.25, 0.3) is 0 Å². The van der Waals surface area contributed by atoms with E-state index in [1.54, 1.807) is 0 Å². The zero-order valence-electron chi connectivity index (χ0n) is 14.5. The van der Waals surface area contributed by atoms with E-state index in [9.17, 15) is 5.11 Å². The van der Waals surface area contributed by atoms with E-state index in [0.717, 1.165) is 36.9 Å². The number of fused-ring (bicyclic) bond motifs is 1. The average Bonchev–Trinajstić information content (AvgIpc) is 3.08. The zero-order chi connectivity index (χ0) is 16.4. The summed E-state index contributed by atoms with van der Waals surface area (Å²) in [6.07, 6.45) is 6.74. The molecule has 2 aromatic heterocycles. The average molecular weight is 333 g/mol. The van der Waals surface area contributed by atoms with Gasteiger partial charge in [-0.15, -0.1) is 0 Å². The number of aromatic nitrogens is 2. The number of hydrogen-bond acceptors (Lipinski definition) is 3.